The summed E-state index contributed by atoms with van der Waals surface area (Å²) in [5.41, 5.74) is 1.02. The second kappa shape index (κ2) is 9.32. The van der Waals surface area contributed by atoms with Gasteiger partial charge in [-0.05, 0) is 18.4 Å². The topological polar surface area (TPSA) is 72.9 Å². The maximum Gasteiger partial charge on any atom is 0.416 e. The molecule has 0 unspecified atom stereocenters. The summed E-state index contributed by atoms with van der Waals surface area (Å²) in [6, 6.07) is 9.24. The molecule has 0 aromatic heterocycles. The average molecular weight is 347 g/mol. The summed E-state index contributed by atoms with van der Waals surface area (Å²) in [6.07, 6.45) is 1.39. The number of unbranched alkanes of at least 4 members (excludes halogenated alkanes) is 1. The van der Waals surface area contributed by atoms with E-state index in [1.54, 1.807) is 6.92 Å². The Labute approximate surface area is 148 Å². The quantitative estimate of drug-likeness (QED) is 0.507. The highest BCUT2D eigenvalue weighted by Crippen LogP contribution is 2.21. The number of carbonyl (C=O) groups is 3. The van der Waals surface area contributed by atoms with Crippen molar-refractivity contribution in [1.82, 2.24) is 4.90 Å². The van der Waals surface area contributed by atoms with Crippen LogP contribution in [0.25, 0.3) is 0 Å². The monoisotopic (exact) mass is 347 g/mol. The molecule has 1 aliphatic rings. The molecule has 2 amide bonds. The van der Waals surface area contributed by atoms with Gasteiger partial charge in [0, 0.05) is 6.61 Å². The van der Waals surface area contributed by atoms with E-state index in [0.29, 0.717) is 19.3 Å². The summed E-state index contributed by atoms with van der Waals surface area (Å²) in [4.78, 5) is 37.3. The number of hydrogen-bond acceptors (Lipinski definition) is 5. The van der Waals surface area contributed by atoms with E-state index in [9.17, 15) is 14.4 Å². The molecule has 3 atom stereocenters. The lowest BCUT2D eigenvalue weighted by atomic mass is 10.0. The van der Waals surface area contributed by atoms with E-state index in [0.717, 1.165) is 23.3 Å². The number of hydrogen-bond donors (Lipinski definition) is 0. The second-order valence-corrected chi connectivity index (χ2v) is 6.24. The van der Waals surface area contributed by atoms with Crippen LogP contribution in [0.5, 0.6) is 0 Å². The minimum Gasteiger partial charge on any atom is -0.447 e. The number of ether oxygens (including phenoxy) is 2. The van der Waals surface area contributed by atoms with E-state index in [1.165, 1.54) is 0 Å². The number of imide groups is 1. The van der Waals surface area contributed by atoms with Crippen LogP contribution in [0.1, 0.15) is 32.3 Å². The van der Waals surface area contributed by atoms with Gasteiger partial charge in [-0.25, -0.2) is 9.69 Å². The molecule has 1 aromatic carbocycles. The molecule has 136 valence electrons. The third-order valence-corrected chi connectivity index (χ3v) is 4.34. The van der Waals surface area contributed by atoms with E-state index in [1.807, 2.05) is 37.3 Å². The van der Waals surface area contributed by atoms with Gasteiger partial charge in [0.15, 0.2) is 0 Å². The summed E-state index contributed by atoms with van der Waals surface area (Å²) in [6.45, 7) is 4.20. The van der Waals surface area contributed by atoms with Gasteiger partial charge in [0.05, 0.1) is 12.0 Å². The lowest BCUT2D eigenvalue weighted by Crippen LogP contribution is -2.46. The maximum absolute atomic E-state index is 12.8. The Morgan fingerprint density at radius 3 is 2.76 bits per heavy atom. The Morgan fingerprint density at radius 1 is 1.40 bits per heavy atom. The van der Waals surface area contributed by atoms with Crippen molar-refractivity contribution < 1.29 is 23.9 Å². The molecular formula is C19H25NO5. The standard InChI is InChI=1S/C19H25NO5/c1-3-4-10-24-17(12-21)14(2)18(22)20-16(13-25-19(20)23)11-15-8-6-5-7-9-15/h5-9,12,14,16-17H,3-4,10-11,13H2,1-2H3/t14-,16-,17+/m1/s1. The molecule has 25 heavy (non-hydrogen) atoms. The first-order chi connectivity index (χ1) is 12.1. The molecule has 1 saturated heterocycles. The van der Waals surface area contributed by atoms with Gasteiger partial charge in [-0.2, -0.15) is 0 Å². The molecule has 1 aliphatic heterocycles. The van der Waals surface area contributed by atoms with Gasteiger partial charge in [-0.1, -0.05) is 50.6 Å². The van der Waals surface area contributed by atoms with Crippen molar-refractivity contribution in [2.75, 3.05) is 13.2 Å². The van der Waals surface area contributed by atoms with E-state index in [4.69, 9.17) is 9.47 Å². The van der Waals surface area contributed by atoms with Crippen molar-refractivity contribution in [3.63, 3.8) is 0 Å². The third kappa shape index (κ3) is 4.89. The van der Waals surface area contributed by atoms with Crippen molar-refractivity contribution in [2.45, 2.75) is 45.3 Å². The first kappa shape index (κ1) is 19.1. The molecule has 0 N–H and O–H groups in total. The SMILES string of the molecule is CCCCO[C@@H](C=O)[C@@H](C)C(=O)N1C(=O)OC[C@H]1Cc1ccccc1. The first-order valence-electron chi connectivity index (χ1n) is 8.69. The predicted molar refractivity (Wildman–Crippen MR) is 92.0 cm³/mol. The van der Waals surface area contributed by atoms with Crippen molar-refractivity contribution in [3.8, 4) is 0 Å². The van der Waals surface area contributed by atoms with Crippen LogP contribution in [0.4, 0.5) is 4.79 Å². The number of benzene rings is 1. The van der Waals surface area contributed by atoms with Crippen molar-refractivity contribution in [1.29, 1.82) is 0 Å². The van der Waals surface area contributed by atoms with E-state index in [-0.39, 0.29) is 12.6 Å². The number of rotatable bonds is 9. The van der Waals surface area contributed by atoms with Gasteiger partial charge in [0.1, 0.15) is 19.0 Å². The molecule has 0 bridgehead atoms. The Morgan fingerprint density at radius 2 is 2.12 bits per heavy atom. The molecule has 1 aromatic rings. The Bertz CT molecular complexity index is 589. The highest BCUT2D eigenvalue weighted by molar-refractivity contribution is 5.96. The largest absolute Gasteiger partial charge is 0.447 e. The van der Waals surface area contributed by atoms with Gasteiger partial charge in [0.25, 0.3) is 0 Å². The van der Waals surface area contributed by atoms with Gasteiger partial charge >= 0.3 is 6.09 Å². The van der Waals surface area contributed by atoms with Crippen LogP contribution in [0, 0.1) is 5.92 Å². The number of carbonyl (C=O) groups excluding carboxylic acids is 3. The van der Waals surface area contributed by atoms with Crippen LogP contribution in [0.2, 0.25) is 0 Å². The Kier molecular flexibility index (Phi) is 7.13. The van der Waals surface area contributed by atoms with Crippen molar-refractivity contribution in [3.05, 3.63) is 35.9 Å². The molecule has 0 aliphatic carbocycles. The fraction of sp³-hybridized carbons (Fsp3) is 0.526. The number of amides is 2. The fourth-order valence-corrected chi connectivity index (χ4v) is 2.79. The summed E-state index contributed by atoms with van der Waals surface area (Å²) in [5, 5.41) is 0. The summed E-state index contributed by atoms with van der Waals surface area (Å²) in [5.74, 6) is -1.17. The van der Waals surface area contributed by atoms with E-state index < -0.39 is 24.0 Å². The molecule has 1 heterocycles. The fourth-order valence-electron chi connectivity index (χ4n) is 2.79. The van der Waals surface area contributed by atoms with Gasteiger partial charge < -0.3 is 14.3 Å². The minimum atomic E-state index is -0.857. The summed E-state index contributed by atoms with van der Waals surface area (Å²) < 4.78 is 10.6. The van der Waals surface area contributed by atoms with Crippen LogP contribution in [0.15, 0.2) is 30.3 Å². The smallest absolute Gasteiger partial charge is 0.416 e. The predicted octanol–water partition coefficient (Wildman–Crippen LogP) is 2.60. The van der Waals surface area contributed by atoms with Crippen molar-refractivity contribution in [2.24, 2.45) is 5.92 Å². The minimum absolute atomic E-state index is 0.161. The van der Waals surface area contributed by atoms with Gasteiger partial charge in [-0.15, -0.1) is 0 Å². The van der Waals surface area contributed by atoms with Crippen LogP contribution in [-0.2, 0) is 25.5 Å². The second-order valence-electron chi connectivity index (χ2n) is 6.24. The average Bonchev–Trinajstić information content (AvgIpc) is 2.99. The lowest BCUT2D eigenvalue weighted by molar-refractivity contribution is -0.142. The first-order valence-corrected chi connectivity index (χ1v) is 8.69. The van der Waals surface area contributed by atoms with Crippen LogP contribution in [-0.4, -0.2) is 48.5 Å². The summed E-state index contributed by atoms with van der Waals surface area (Å²) in [7, 11) is 0. The van der Waals surface area contributed by atoms with E-state index in [2.05, 4.69) is 0 Å². The molecular weight excluding hydrogens is 322 g/mol. The number of cyclic esters (lactones) is 1. The van der Waals surface area contributed by atoms with Gasteiger partial charge in [0.2, 0.25) is 5.91 Å². The molecule has 0 radical (unpaired) electrons. The third-order valence-electron chi connectivity index (χ3n) is 4.34. The van der Waals surface area contributed by atoms with Crippen LogP contribution >= 0.6 is 0 Å². The number of nitrogens with zero attached hydrogens (tertiary/aromatic N) is 1. The highest BCUT2D eigenvalue weighted by atomic mass is 16.6. The zero-order chi connectivity index (χ0) is 18.2. The zero-order valence-electron chi connectivity index (χ0n) is 14.7. The number of aldehydes is 1. The Hall–Kier alpha value is -2.21. The molecule has 0 saturated carbocycles. The summed E-state index contributed by atoms with van der Waals surface area (Å²) >= 11 is 0. The Balaban J connectivity index is 2.05. The molecule has 0 spiro atoms. The van der Waals surface area contributed by atoms with Crippen LogP contribution in [0.3, 0.4) is 0 Å². The van der Waals surface area contributed by atoms with Gasteiger partial charge in [-0.3, -0.25) is 4.79 Å². The molecule has 1 fully saturated rings. The normalized spacial score (nSPS) is 19.4. The molecule has 2 rings (SSSR count). The maximum atomic E-state index is 12.8. The molecule has 6 heteroatoms. The van der Waals surface area contributed by atoms with Crippen LogP contribution < -0.4 is 0 Å². The molecule has 6 nitrogen and oxygen atoms in total. The van der Waals surface area contributed by atoms with E-state index >= 15 is 0 Å². The zero-order valence-corrected chi connectivity index (χ0v) is 14.7. The highest BCUT2D eigenvalue weighted by Gasteiger charge is 2.41. The lowest BCUT2D eigenvalue weighted by Gasteiger charge is -2.25. The van der Waals surface area contributed by atoms with Crippen molar-refractivity contribution >= 4 is 18.3 Å².